The highest BCUT2D eigenvalue weighted by Crippen LogP contribution is 2.21. The molecule has 0 aliphatic rings. The number of carbonyl (C=O) groups excluding carboxylic acids is 1. The molecule has 2 amide bonds. The minimum Gasteiger partial charge on any atom is -0.389 e. The summed E-state index contributed by atoms with van der Waals surface area (Å²) in [6, 6.07) is 4.67. The molecule has 1 aromatic rings. The molecule has 0 aliphatic heterocycles. The number of carbonyl (C=O) groups is 1. The molecule has 0 spiro atoms. The Bertz CT molecular complexity index is 444. The van der Waals surface area contributed by atoms with Crippen LogP contribution in [-0.4, -0.2) is 23.4 Å². The van der Waals surface area contributed by atoms with Crippen LogP contribution in [0.25, 0.3) is 0 Å². The van der Waals surface area contributed by atoms with Crippen molar-refractivity contribution in [2.75, 3.05) is 5.32 Å². The van der Waals surface area contributed by atoms with Crippen LogP contribution in [-0.2, 0) is 0 Å². The number of benzene rings is 1. The Morgan fingerprint density at radius 1 is 1.25 bits per heavy atom. The van der Waals surface area contributed by atoms with E-state index in [9.17, 15) is 23.1 Å². The smallest absolute Gasteiger partial charge is 0.389 e. The molecule has 0 heterocycles. The number of nitrogens with one attached hydrogen (secondary N) is 2. The first-order valence-corrected chi connectivity index (χ1v) is 6.09. The predicted octanol–water partition coefficient (Wildman–Crippen LogP) is 3.20. The Hall–Kier alpha value is -1.76. The highest BCUT2D eigenvalue weighted by Gasteiger charge is 2.30. The summed E-state index contributed by atoms with van der Waals surface area (Å²) in [4.78, 5) is 11.5. The number of hydrogen-bond acceptors (Lipinski definition) is 2. The molecule has 1 aromatic carbocycles. The summed E-state index contributed by atoms with van der Waals surface area (Å²) in [6.07, 6.45) is -6.02. The first-order valence-electron chi connectivity index (χ1n) is 6.09. The third-order valence-corrected chi connectivity index (χ3v) is 2.57. The zero-order valence-corrected chi connectivity index (χ0v) is 11.2. The normalized spacial score (nSPS) is 14.5. The lowest BCUT2D eigenvalue weighted by Crippen LogP contribution is -2.38. The van der Waals surface area contributed by atoms with Crippen LogP contribution >= 0.6 is 0 Å². The van der Waals surface area contributed by atoms with Crippen LogP contribution < -0.4 is 10.6 Å². The van der Waals surface area contributed by atoms with E-state index in [-0.39, 0.29) is 0 Å². The first kappa shape index (κ1) is 16.3. The van der Waals surface area contributed by atoms with Crippen molar-refractivity contribution in [2.45, 2.75) is 38.6 Å². The number of halogens is 3. The predicted molar refractivity (Wildman–Crippen MR) is 69.4 cm³/mol. The van der Waals surface area contributed by atoms with Crippen molar-refractivity contribution in [1.82, 2.24) is 5.32 Å². The highest BCUT2D eigenvalue weighted by molar-refractivity contribution is 5.89. The number of amides is 2. The molecule has 1 rings (SSSR count). The lowest BCUT2D eigenvalue weighted by Gasteiger charge is -2.16. The Balaban J connectivity index is 2.50. The summed E-state index contributed by atoms with van der Waals surface area (Å²) < 4.78 is 36.3. The van der Waals surface area contributed by atoms with Gasteiger partial charge in [0.25, 0.3) is 0 Å². The summed E-state index contributed by atoms with van der Waals surface area (Å²) in [5.74, 6) is 0. The number of hydrogen-bond donors (Lipinski definition) is 3. The number of alkyl halides is 3. The topological polar surface area (TPSA) is 61.4 Å². The molecule has 20 heavy (non-hydrogen) atoms. The number of aliphatic hydroxyl groups is 1. The van der Waals surface area contributed by atoms with Crippen molar-refractivity contribution in [3.8, 4) is 0 Å². The summed E-state index contributed by atoms with van der Waals surface area (Å²) in [6.45, 7) is 2.89. The van der Waals surface area contributed by atoms with Gasteiger partial charge >= 0.3 is 12.2 Å². The lowest BCUT2D eigenvalue weighted by atomic mass is 10.1. The van der Waals surface area contributed by atoms with Gasteiger partial charge in [-0.05, 0) is 31.5 Å². The van der Waals surface area contributed by atoms with Gasteiger partial charge in [0.05, 0.1) is 12.5 Å². The molecule has 0 radical (unpaired) electrons. The maximum atomic E-state index is 12.1. The Labute approximate surface area is 115 Å². The first-order chi connectivity index (χ1) is 9.17. The molecule has 0 aromatic heterocycles. The van der Waals surface area contributed by atoms with Crippen molar-refractivity contribution in [3.05, 3.63) is 29.8 Å². The zero-order chi connectivity index (χ0) is 15.3. The minimum absolute atomic E-state index is 0.436. The van der Waals surface area contributed by atoms with Gasteiger partial charge in [-0.3, -0.25) is 0 Å². The van der Waals surface area contributed by atoms with E-state index in [0.717, 1.165) is 0 Å². The van der Waals surface area contributed by atoms with E-state index in [1.165, 1.54) is 6.92 Å². The van der Waals surface area contributed by atoms with Gasteiger partial charge in [0, 0.05) is 11.7 Å². The van der Waals surface area contributed by atoms with E-state index in [2.05, 4.69) is 10.6 Å². The highest BCUT2D eigenvalue weighted by atomic mass is 19.4. The average molecular weight is 290 g/mol. The zero-order valence-electron chi connectivity index (χ0n) is 11.2. The maximum absolute atomic E-state index is 12.1. The Morgan fingerprint density at radius 3 is 2.25 bits per heavy atom. The van der Waals surface area contributed by atoms with Crippen LogP contribution in [0, 0.1) is 0 Å². The number of anilines is 1. The third kappa shape index (κ3) is 5.92. The van der Waals surface area contributed by atoms with Gasteiger partial charge in [-0.2, -0.15) is 13.2 Å². The summed E-state index contributed by atoms with van der Waals surface area (Å²) in [5, 5.41) is 13.9. The van der Waals surface area contributed by atoms with Crippen LogP contribution in [0.5, 0.6) is 0 Å². The molecule has 112 valence electrons. The van der Waals surface area contributed by atoms with Crippen LogP contribution in [0.1, 0.15) is 31.9 Å². The molecular formula is C13H17F3N2O2. The minimum atomic E-state index is -4.31. The van der Waals surface area contributed by atoms with Crippen molar-refractivity contribution >= 4 is 11.7 Å². The fourth-order valence-corrected chi connectivity index (χ4v) is 1.63. The van der Waals surface area contributed by atoms with Crippen molar-refractivity contribution < 1.29 is 23.1 Å². The molecule has 0 saturated heterocycles. The summed E-state index contributed by atoms with van der Waals surface area (Å²) in [7, 11) is 0. The monoisotopic (exact) mass is 290 g/mol. The SMILES string of the molecule is CC(CC(F)(F)F)NC(=O)Nc1ccc(C(C)O)cc1. The van der Waals surface area contributed by atoms with Crippen molar-refractivity contribution in [2.24, 2.45) is 0 Å². The molecule has 7 heteroatoms. The Kier molecular flexibility index (Phi) is 5.38. The van der Waals surface area contributed by atoms with Crippen molar-refractivity contribution in [1.29, 1.82) is 0 Å². The third-order valence-electron chi connectivity index (χ3n) is 2.57. The van der Waals surface area contributed by atoms with Crippen LogP contribution in [0.4, 0.5) is 23.7 Å². The van der Waals surface area contributed by atoms with E-state index < -0.39 is 30.8 Å². The van der Waals surface area contributed by atoms with Crippen LogP contribution in [0.2, 0.25) is 0 Å². The standard InChI is InChI=1S/C13H17F3N2O2/c1-8(7-13(14,15)16)17-12(20)18-11-5-3-10(4-6-11)9(2)19/h3-6,8-9,19H,7H2,1-2H3,(H2,17,18,20). The molecule has 0 aliphatic carbocycles. The van der Waals surface area contributed by atoms with Gasteiger partial charge in [-0.25, -0.2) is 4.79 Å². The van der Waals surface area contributed by atoms with E-state index in [0.29, 0.717) is 11.3 Å². The second-order valence-corrected chi connectivity index (χ2v) is 4.62. The van der Waals surface area contributed by atoms with Gasteiger partial charge in [0.15, 0.2) is 0 Å². The molecule has 3 N–H and O–H groups in total. The Morgan fingerprint density at radius 2 is 1.80 bits per heavy atom. The molecule has 0 fully saturated rings. The summed E-state index contributed by atoms with van der Waals surface area (Å²) >= 11 is 0. The molecule has 2 atom stereocenters. The van der Waals surface area contributed by atoms with Crippen LogP contribution in [0.3, 0.4) is 0 Å². The van der Waals surface area contributed by atoms with E-state index in [4.69, 9.17) is 0 Å². The largest absolute Gasteiger partial charge is 0.391 e. The molecule has 0 bridgehead atoms. The van der Waals surface area contributed by atoms with Gasteiger partial charge in [-0.15, -0.1) is 0 Å². The number of aliphatic hydroxyl groups excluding tert-OH is 1. The van der Waals surface area contributed by atoms with E-state index in [1.54, 1.807) is 31.2 Å². The van der Waals surface area contributed by atoms with E-state index >= 15 is 0 Å². The lowest BCUT2D eigenvalue weighted by molar-refractivity contribution is -0.138. The average Bonchev–Trinajstić information content (AvgIpc) is 2.26. The van der Waals surface area contributed by atoms with Crippen molar-refractivity contribution in [3.63, 3.8) is 0 Å². The number of rotatable bonds is 4. The van der Waals surface area contributed by atoms with Gasteiger partial charge in [0.1, 0.15) is 0 Å². The second-order valence-electron chi connectivity index (χ2n) is 4.62. The fraction of sp³-hybridized carbons (Fsp3) is 0.462. The van der Waals surface area contributed by atoms with Gasteiger partial charge in [0.2, 0.25) is 0 Å². The quantitative estimate of drug-likeness (QED) is 0.797. The molecular weight excluding hydrogens is 273 g/mol. The van der Waals surface area contributed by atoms with Gasteiger partial charge < -0.3 is 15.7 Å². The van der Waals surface area contributed by atoms with Crippen LogP contribution in [0.15, 0.2) is 24.3 Å². The van der Waals surface area contributed by atoms with E-state index in [1.807, 2.05) is 0 Å². The maximum Gasteiger partial charge on any atom is 0.391 e. The molecule has 0 saturated carbocycles. The summed E-state index contributed by atoms with van der Waals surface area (Å²) in [5.41, 5.74) is 1.12. The number of urea groups is 1. The fourth-order valence-electron chi connectivity index (χ4n) is 1.63. The second kappa shape index (κ2) is 6.60. The molecule has 2 unspecified atom stereocenters. The molecule has 4 nitrogen and oxygen atoms in total. The van der Waals surface area contributed by atoms with Gasteiger partial charge in [-0.1, -0.05) is 12.1 Å².